The van der Waals surface area contributed by atoms with Crippen molar-refractivity contribution in [3.8, 4) is 0 Å². The third-order valence-electron chi connectivity index (χ3n) is 3.15. The maximum Gasteiger partial charge on any atom is 0.224 e. The van der Waals surface area contributed by atoms with E-state index in [4.69, 9.17) is 4.42 Å². The molecule has 1 aromatic rings. The Hall–Kier alpha value is -1.36. The van der Waals surface area contributed by atoms with Crippen LogP contribution in [0.5, 0.6) is 0 Å². The molecular weight excluding hydrogens is 218 g/mol. The molecule has 0 aliphatic carbocycles. The van der Waals surface area contributed by atoms with Gasteiger partial charge in [0, 0.05) is 6.54 Å². The monoisotopic (exact) mass is 237 g/mol. The molecule has 0 saturated carbocycles. The van der Waals surface area contributed by atoms with Crippen LogP contribution in [0.3, 0.4) is 0 Å². The van der Waals surface area contributed by atoms with Gasteiger partial charge in [-0.15, -0.1) is 0 Å². The van der Waals surface area contributed by atoms with E-state index in [9.17, 15) is 4.79 Å². The van der Waals surface area contributed by atoms with Crippen molar-refractivity contribution >= 4 is 5.91 Å². The molecule has 1 saturated heterocycles. The summed E-state index contributed by atoms with van der Waals surface area (Å²) in [6.07, 6.45) is 2.03. The Morgan fingerprint density at radius 3 is 3.00 bits per heavy atom. The molecule has 2 heterocycles. The number of oxazole rings is 1. The van der Waals surface area contributed by atoms with E-state index in [1.54, 1.807) is 0 Å². The van der Waals surface area contributed by atoms with E-state index in [0.29, 0.717) is 12.4 Å². The molecule has 0 aromatic carbocycles. The summed E-state index contributed by atoms with van der Waals surface area (Å²) in [5.41, 5.74) is 0.883. The number of hydrogen-bond acceptors (Lipinski definition) is 4. The highest BCUT2D eigenvalue weighted by Crippen LogP contribution is 2.11. The van der Waals surface area contributed by atoms with Gasteiger partial charge in [-0.2, -0.15) is 0 Å². The van der Waals surface area contributed by atoms with Gasteiger partial charge in [-0.3, -0.25) is 4.79 Å². The first-order chi connectivity index (χ1) is 8.16. The van der Waals surface area contributed by atoms with Gasteiger partial charge in [-0.05, 0) is 33.2 Å². The Kier molecular flexibility index (Phi) is 3.78. The van der Waals surface area contributed by atoms with Crippen LogP contribution >= 0.6 is 0 Å². The average molecular weight is 237 g/mol. The molecular formula is C12H19N3O2. The second kappa shape index (κ2) is 5.31. The third kappa shape index (κ3) is 3.06. The Labute approximate surface area is 101 Å². The second-order valence-corrected chi connectivity index (χ2v) is 4.51. The fraction of sp³-hybridized carbons (Fsp3) is 0.667. The zero-order valence-electron chi connectivity index (χ0n) is 10.4. The molecule has 0 radical (unpaired) electrons. The molecule has 1 amide bonds. The minimum absolute atomic E-state index is 0.0842. The van der Waals surface area contributed by atoms with Crippen molar-refractivity contribution in [2.24, 2.45) is 5.92 Å². The van der Waals surface area contributed by atoms with Crippen molar-refractivity contribution in [3.63, 3.8) is 0 Å². The highest BCUT2D eigenvalue weighted by atomic mass is 16.4. The van der Waals surface area contributed by atoms with Gasteiger partial charge >= 0.3 is 0 Å². The average Bonchev–Trinajstić information content (AvgIpc) is 2.67. The first kappa shape index (κ1) is 12.1. The number of rotatable bonds is 3. The van der Waals surface area contributed by atoms with Crippen molar-refractivity contribution < 1.29 is 9.21 Å². The predicted octanol–water partition coefficient (Wildman–Crippen LogP) is 0.907. The normalized spacial score (nSPS) is 20.2. The first-order valence-electron chi connectivity index (χ1n) is 6.08. The maximum atomic E-state index is 11.8. The molecule has 2 N–H and O–H groups in total. The predicted molar refractivity (Wildman–Crippen MR) is 63.4 cm³/mol. The Bertz CT molecular complexity index is 375. The summed E-state index contributed by atoms with van der Waals surface area (Å²) >= 11 is 0. The number of piperidine rings is 1. The van der Waals surface area contributed by atoms with Gasteiger partial charge in [0.15, 0.2) is 0 Å². The highest BCUT2D eigenvalue weighted by Gasteiger charge is 2.20. The summed E-state index contributed by atoms with van der Waals surface area (Å²) in [4.78, 5) is 16.1. The Balaban J connectivity index is 1.83. The van der Waals surface area contributed by atoms with Gasteiger partial charge in [-0.25, -0.2) is 4.98 Å². The van der Waals surface area contributed by atoms with Crippen LogP contribution in [0.1, 0.15) is 30.2 Å². The molecule has 0 spiro atoms. The first-order valence-corrected chi connectivity index (χ1v) is 6.08. The SMILES string of the molecule is Cc1nc(CNC(=O)[C@@H]2CCCNC2)oc1C. The third-order valence-corrected chi connectivity index (χ3v) is 3.15. The van der Waals surface area contributed by atoms with Crippen molar-refractivity contribution in [2.75, 3.05) is 13.1 Å². The zero-order chi connectivity index (χ0) is 12.3. The maximum absolute atomic E-state index is 11.8. The van der Waals surface area contributed by atoms with E-state index in [2.05, 4.69) is 15.6 Å². The summed E-state index contributed by atoms with van der Waals surface area (Å²) in [6.45, 7) is 5.94. The van der Waals surface area contributed by atoms with Crippen molar-refractivity contribution in [2.45, 2.75) is 33.2 Å². The van der Waals surface area contributed by atoms with Crippen LogP contribution in [-0.2, 0) is 11.3 Å². The largest absolute Gasteiger partial charge is 0.444 e. The molecule has 5 heteroatoms. The number of amides is 1. The fourth-order valence-electron chi connectivity index (χ4n) is 2.00. The Morgan fingerprint density at radius 2 is 2.41 bits per heavy atom. The van der Waals surface area contributed by atoms with Gasteiger partial charge in [0.2, 0.25) is 11.8 Å². The van der Waals surface area contributed by atoms with Gasteiger partial charge in [0.25, 0.3) is 0 Å². The number of nitrogens with zero attached hydrogens (tertiary/aromatic N) is 1. The van der Waals surface area contributed by atoms with Gasteiger partial charge in [-0.1, -0.05) is 0 Å². The van der Waals surface area contributed by atoms with Crippen LogP contribution in [0, 0.1) is 19.8 Å². The van der Waals surface area contributed by atoms with Crippen LogP contribution in [0.25, 0.3) is 0 Å². The molecule has 17 heavy (non-hydrogen) atoms. The molecule has 0 bridgehead atoms. The molecule has 94 valence electrons. The fourth-order valence-corrected chi connectivity index (χ4v) is 2.00. The van der Waals surface area contributed by atoms with Crippen LogP contribution < -0.4 is 10.6 Å². The van der Waals surface area contributed by atoms with Crippen LogP contribution in [0.4, 0.5) is 0 Å². The zero-order valence-corrected chi connectivity index (χ0v) is 10.4. The van der Waals surface area contributed by atoms with Crippen LogP contribution in [0.15, 0.2) is 4.42 Å². The molecule has 0 unspecified atom stereocenters. The highest BCUT2D eigenvalue weighted by molar-refractivity contribution is 5.78. The molecule has 1 aliphatic heterocycles. The van der Waals surface area contributed by atoms with E-state index in [0.717, 1.165) is 37.4 Å². The number of carbonyl (C=O) groups is 1. The summed E-state index contributed by atoms with van der Waals surface area (Å²) in [5.74, 6) is 1.57. The van der Waals surface area contributed by atoms with Crippen molar-refractivity contribution in [1.29, 1.82) is 0 Å². The van der Waals surface area contributed by atoms with E-state index in [-0.39, 0.29) is 11.8 Å². The van der Waals surface area contributed by atoms with Crippen LogP contribution in [0.2, 0.25) is 0 Å². The summed E-state index contributed by atoms with van der Waals surface area (Å²) in [7, 11) is 0. The lowest BCUT2D eigenvalue weighted by Gasteiger charge is -2.21. The van der Waals surface area contributed by atoms with E-state index >= 15 is 0 Å². The Morgan fingerprint density at radius 1 is 1.59 bits per heavy atom. The number of aryl methyl sites for hydroxylation is 2. The van der Waals surface area contributed by atoms with Gasteiger partial charge < -0.3 is 15.1 Å². The molecule has 1 aromatic heterocycles. The molecule has 1 fully saturated rings. The second-order valence-electron chi connectivity index (χ2n) is 4.51. The molecule has 5 nitrogen and oxygen atoms in total. The van der Waals surface area contributed by atoms with Gasteiger partial charge in [0.1, 0.15) is 5.76 Å². The van der Waals surface area contributed by atoms with Crippen LogP contribution in [-0.4, -0.2) is 24.0 Å². The van der Waals surface area contributed by atoms with E-state index in [1.807, 2.05) is 13.8 Å². The minimum atomic E-state index is 0.0842. The lowest BCUT2D eigenvalue weighted by molar-refractivity contribution is -0.125. The smallest absolute Gasteiger partial charge is 0.224 e. The number of hydrogen-bond donors (Lipinski definition) is 2. The van der Waals surface area contributed by atoms with Crippen molar-refractivity contribution in [1.82, 2.24) is 15.6 Å². The quantitative estimate of drug-likeness (QED) is 0.820. The molecule has 1 aliphatic rings. The molecule has 2 rings (SSSR count). The van der Waals surface area contributed by atoms with Gasteiger partial charge in [0.05, 0.1) is 18.2 Å². The number of aromatic nitrogens is 1. The van der Waals surface area contributed by atoms with Crippen molar-refractivity contribution in [3.05, 3.63) is 17.3 Å². The summed E-state index contributed by atoms with van der Waals surface area (Å²) < 4.78 is 5.41. The minimum Gasteiger partial charge on any atom is -0.444 e. The topological polar surface area (TPSA) is 67.2 Å². The lowest BCUT2D eigenvalue weighted by Crippen LogP contribution is -2.40. The lowest BCUT2D eigenvalue weighted by atomic mass is 9.99. The number of carbonyl (C=O) groups excluding carboxylic acids is 1. The van der Waals surface area contributed by atoms with E-state index < -0.39 is 0 Å². The number of nitrogens with one attached hydrogen (secondary N) is 2. The summed E-state index contributed by atoms with van der Waals surface area (Å²) in [5, 5.41) is 6.10. The molecule has 1 atom stereocenters. The van der Waals surface area contributed by atoms with E-state index in [1.165, 1.54) is 0 Å². The summed E-state index contributed by atoms with van der Waals surface area (Å²) in [6, 6.07) is 0. The standard InChI is InChI=1S/C12H19N3O2/c1-8-9(2)17-11(15-8)7-14-12(16)10-4-3-5-13-6-10/h10,13H,3-7H2,1-2H3,(H,14,16)/t10-/m1/s1.